The van der Waals surface area contributed by atoms with Crippen LogP contribution in [0.3, 0.4) is 0 Å². The average Bonchev–Trinajstić information content (AvgIpc) is 3.02. The molecule has 3 rings (SSSR count). The second kappa shape index (κ2) is 5.06. The Hall–Kier alpha value is -1.20. The van der Waals surface area contributed by atoms with Gasteiger partial charge < -0.3 is 4.74 Å². The zero-order chi connectivity index (χ0) is 13.4. The Balaban J connectivity index is 1.90. The van der Waals surface area contributed by atoms with Crippen LogP contribution in [0.4, 0.5) is 0 Å². The van der Waals surface area contributed by atoms with E-state index >= 15 is 0 Å². The number of rotatable bonds is 3. The number of esters is 1. The van der Waals surface area contributed by atoms with Crippen molar-refractivity contribution >= 4 is 28.6 Å². The van der Waals surface area contributed by atoms with Crippen molar-refractivity contribution in [3.05, 3.63) is 27.6 Å². The van der Waals surface area contributed by atoms with Gasteiger partial charge >= 0.3 is 5.97 Å². The number of ether oxygens (including phenoxy) is 1. The number of hydrogen-bond acceptors (Lipinski definition) is 5. The van der Waals surface area contributed by atoms with Crippen LogP contribution in [0.5, 0.6) is 0 Å². The molecule has 1 aliphatic carbocycles. The molecule has 100 valence electrons. The minimum atomic E-state index is -0.152. The largest absolute Gasteiger partial charge is 0.465 e. The number of thiophene rings is 1. The molecule has 2 aromatic rings. The molecular weight excluding hydrogens is 278 g/mol. The number of aryl methyl sites for hydroxylation is 2. The lowest BCUT2D eigenvalue weighted by molar-refractivity contribution is -0.145. The zero-order valence-electron chi connectivity index (χ0n) is 10.9. The van der Waals surface area contributed by atoms with Gasteiger partial charge in [-0.25, -0.2) is 4.98 Å². The summed E-state index contributed by atoms with van der Waals surface area (Å²) in [6, 6.07) is 4.21. The molecule has 2 heterocycles. The fourth-order valence-electron chi connectivity index (χ4n) is 2.35. The maximum atomic E-state index is 11.9. The highest BCUT2D eigenvalue weighted by Crippen LogP contribution is 2.41. The van der Waals surface area contributed by atoms with E-state index in [0.717, 1.165) is 23.5 Å². The number of thiazole rings is 1. The van der Waals surface area contributed by atoms with Crippen molar-refractivity contribution in [1.29, 1.82) is 0 Å². The SMILES string of the molecule is CCOC(=O)C1CCc2sc(-c3ccc(C)s3)nc21. The minimum absolute atomic E-state index is 0.125. The van der Waals surface area contributed by atoms with Crippen molar-refractivity contribution in [1.82, 2.24) is 4.98 Å². The molecule has 0 saturated carbocycles. The molecule has 19 heavy (non-hydrogen) atoms. The predicted octanol–water partition coefficient (Wildman–Crippen LogP) is 3.77. The van der Waals surface area contributed by atoms with Gasteiger partial charge in [-0.15, -0.1) is 22.7 Å². The topological polar surface area (TPSA) is 39.2 Å². The van der Waals surface area contributed by atoms with Crippen LogP contribution < -0.4 is 0 Å². The summed E-state index contributed by atoms with van der Waals surface area (Å²) in [5.74, 6) is -0.276. The molecule has 3 nitrogen and oxygen atoms in total. The molecule has 1 aliphatic rings. The van der Waals surface area contributed by atoms with Gasteiger partial charge in [0.2, 0.25) is 0 Å². The minimum Gasteiger partial charge on any atom is -0.465 e. The van der Waals surface area contributed by atoms with Gasteiger partial charge in [0, 0.05) is 9.75 Å². The number of fused-ring (bicyclic) bond motifs is 1. The van der Waals surface area contributed by atoms with E-state index in [1.165, 1.54) is 14.6 Å². The lowest BCUT2D eigenvalue weighted by atomic mass is 10.1. The van der Waals surface area contributed by atoms with Crippen molar-refractivity contribution < 1.29 is 9.53 Å². The van der Waals surface area contributed by atoms with Crippen molar-refractivity contribution in [2.75, 3.05) is 6.61 Å². The van der Waals surface area contributed by atoms with Crippen LogP contribution in [0.25, 0.3) is 9.88 Å². The summed E-state index contributed by atoms with van der Waals surface area (Å²) in [7, 11) is 0. The molecule has 0 amide bonds. The van der Waals surface area contributed by atoms with Crippen LogP contribution in [0.1, 0.15) is 34.7 Å². The summed E-state index contributed by atoms with van der Waals surface area (Å²) in [5.41, 5.74) is 0.949. The number of nitrogens with zero attached hydrogens (tertiary/aromatic N) is 1. The number of carbonyl (C=O) groups is 1. The first-order chi connectivity index (χ1) is 9.19. The van der Waals surface area contributed by atoms with Crippen LogP contribution in [0, 0.1) is 6.92 Å². The van der Waals surface area contributed by atoms with Crippen molar-refractivity contribution in [2.24, 2.45) is 0 Å². The molecule has 0 bridgehead atoms. The smallest absolute Gasteiger partial charge is 0.315 e. The van der Waals surface area contributed by atoms with E-state index in [9.17, 15) is 4.79 Å². The monoisotopic (exact) mass is 293 g/mol. The van der Waals surface area contributed by atoms with Crippen LogP contribution >= 0.6 is 22.7 Å². The molecule has 2 aromatic heterocycles. The van der Waals surface area contributed by atoms with Crippen molar-refractivity contribution in [3.63, 3.8) is 0 Å². The highest BCUT2D eigenvalue weighted by molar-refractivity contribution is 7.21. The number of hydrogen-bond donors (Lipinski definition) is 0. The van der Waals surface area contributed by atoms with Gasteiger partial charge in [0.05, 0.1) is 17.2 Å². The normalized spacial score (nSPS) is 17.5. The maximum Gasteiger partial charge on any atom is 0.315 e. The summed E-state index contributed by atoms with van der Waals surface area (Å²) in [6.45, 7) is 4.37. The van der Waals surface area contributed by atoms with Crippen LogP contribution in [0.15, 0.2) is 12.1 Å². The van der Waals surface area contributed by atoms with Gasteiger partial charge in [0.25, 0.3) is 0 Å². The predicted molar refractivity (Wildman–Crippen MR) is 77.9 cm³/mol. The van der Waals surface area contributed by atoms with Gasteiger partial charge in [-0.1, -0.05) is 0 Å². The molecule has 1 unspecified atom stereocenters. The van der Waals surface area contributed by atoms with E-state index in [-0.39, 0.29) is 11.9 Å². The second-order valence-electron chi connectivity index (χ2n) is 4.58. The molecule has 0 aliphatic heterocycles. The van der Waals surface area contributed by atoms with Gasteiger partial charge in [-0.05, 0) is 38.8 Å². The molecule has 5 heteroatoms. The fraction of sp³-hybridized carbons (Fsp3) is 0.429. The third kappa shape index (κ3) is 2.32. The molecule has 0 radical (unpaired) electrons. The first-order valence-corrected chi connectivity index (χ1v) is 8.05. The van der Waals surface area contributed by atoms with Crippen LogP contribution in [-0.2, 0) is 16.0 Å². The number of carbonyl (C=O) groups excluding carboxylic acids is 1. The standard InChI is InChI=1S/C14H15NO2S2/c1-3-17-14(16)9-5-7-10-12(9)15-13(19-10)11-6-4-8(2)18-11/h4,6,9H,3,5,7H2,1-2H3. The summed E-state index contributed by atoms with van der Waals surface area (Å²) in [5, 5.41) is 1.04. The quantitative estimate of drug-likeness (QED) is 0.809. The Bertz CT molecular complexity index is 615. The molecular formula is C14H15NO2S2. The van der Waals surface area contributed by atoms with Gasteiger partial charge in [0.1, 0.15) is 10.9 Å². The Labute approximate surface area is 120 Å². The first-order valence-electron chi connectivity index (χ1n) is 6.42. The highest BCUT2D eigenvalue weighted by Gasteiger charge is 2.33. The summed E-state index contributed by atoms with van der Waals surface area (Å²) >= 11 is 3.47. The van der Waals surface area contributed by atoms with E-state index < -0.39 is 0 Å². The summed E-state index contributed by atoms with van der Waals surface area (Å²) in [4.78, 5) is 20.3. The Kier molecular flexibility index (Phi) is 3.41. The molecule has 0 N–H and O–H groups in total. The van der Waals surface area contributed by atoms with Gasteiger partial charge in [-0.3, -0.25) is 4.79 Å². The van der Waals surface area contributed by atoms with Crippen molar-refractivity contribution in [3.8, 4) is 9.88 Å². The first kappa shape index (κ1) is 12.8. The number of aromatic nitrogens is 1. The lowest BCUT2D eigenvalue weighted by Gasteiger charge is -2.07. The third-order valence-corrected chi connectivity index (χ3v) is 5.54. The van der Waals surface area contributed by atoms with E-state index in [1.807, 2.05) is 6.92 Å². The van der Waals surface area contributed by atoms with Crippen LogP contribution in [0.2, 0.25) is 0 Å². The van der Waals surface area contributed by atoms with E-state index in [0.29, 0.717) is 6.61 Å². The van der Waals surface area contributed by atoms with E-state index in [1.54, 1.807) is 22.7 Å². The van der Waals surface area contributed by atoms with E-state index in [4.69, 9.17) is 4.74 Å². The van der Waals surface area contributed by atoms with Gasteiger partial charge in [0.15, 0.2) is 0 Å². The van der Waals surface area contributed by atoms with Crippen LogP contribution in [-0.4, -0.2) is 17.6 Å². The fourth-order valence-corrected chi connectivity index (χ4v) is 4.41. The molecule has 1 atom stereocenters. The molecule has 0 saturated heterocycles. The second-order valence-corrected chi connectivity index (χ2v) is 6.95. The molecule has 0 spiro atoms. The van der Waals surface area contributed by atoms with Crippen molar-refractivity contribution in [2.45, 2.75) is 32.6 Å². The molecule has 0 fully saturated rings. The van der Waals surface area contributed by atoms with E-state index in [2.05, 4.69) is 24.0 Å². The Morgan fingerprint density at radius 3 is 3.00 bits per heavy atom. The Morgan fingerprint density at radius 1 is 1.47 bits per heavy atom. The molecule has 0 aromatic carbocycles. The summed E-state index contributed by atoms with van der Waals surface area (Å²) in [6.07, 6.45) is 1.79. The zero-order valence-corrected chi connectivity index (χ0v) is 12.6. The third-order valence-electron chi connectivity index (χ3n) is 3.24. The average molecular weight is 293 g/mol. The summed E-state index contributed by atoms with van der Waals surface area (Å²) < 4.78 is 5.13. The Morgan fingerprint density at radius 2 is 2.32 bits per heavy atom. The maximum absolute atomic E-state index is 11.9. The highest BCUT2D eigenvalue weighted by atomic mass is 32.1. The lowest BCUT2D eigenvalue weighted by Crippen LogP contribution is -2.14. The van der Waals surface area contributed by atoms with Gasteiger partial charge in [-0.2, -0.15) is 0 Å².